The molecule has 1 heterocycles. The van der Waals surface area contributed by atoms with E-state index in [1.165, 1.54) is 16.7 Å². The van der Waals surface area contributed by atoms with Crippen molar-refractivity contribution in [3.63, 3.8) is 0 Å². The Balaban J connectivity index is 2.63. The summed E-state index contributed by atoms with van der Waals surface area (Å²) in [7, 11) is 2.04. The normalized spacial score (nSPS) is 10.8. The van der Waals surface area contributed by atoms with Crippen LogP contribution in [0, 0.1) is 20.8 Å². The third kappa shape index (κ3) is 1.80. The van der Waals surface area contributed by atoms with Crippen LogP contribution in [0.15, 0.2) is 22.8 Å². The molecule has 0 aliphatic heterocycles. The van der Waals surface area contributed by atoms with Gasteiger partial charge in [-0.2, -0.15) is 0 Å². The first-order chi connectivity index (χ1) is 7.50. The molecule has 1 aromatic heterocycles. The van der Waals surface area contributed by atoms with Crippen LogP contribution in [-0.2, 0) is 7.05 Å². The average molecular weight is 279 g/mol. The van der Waals surface area contributed by atoms with Crippen LogP contribution in [-0.4, -0.2) is 9.55 Å². The standard InChI is InChI=1S/C13H15BrN2/c1-8-5-6-11(7-9(8)2)12-13(14)15-10(3)16(12)4/h5-7H,1-4H3. The van der Waals surface area contributed by atoms with Crippen LogP contribution < -0.4 is 0 Å². The van der Waals surface area contributed by atoms with Crippen LogP contribution in [0.2, 0.25) is 0 Å². The predicted molar refractivity (Wildman–Crippen MR) is 70.6 cm³/mol. The molecule has 0 unspecified atom stereocenters. The van der Waals surface area contributed by atoms with Crippen LogP contribution in [0.4, 0.5) is 0 Å². The fourth-order valence-electron chi connectivity index (χ4n) is 1.77. The summed E-state index contributed by atoms with van der Waals surface area (Å²) < 4.78 is 3.02. The molecule has 0 aliphatic rings. The number of aromatic nitrogens is 2. The molecule has 0 bridgehead atoms. The molecular formula is C13H15BrN2. The number of nitrogens with zero attached hydrogens (tertiary/aromatic N) is 2. The number of hydrogen-bond donors (Lipinski definition) is 0. The quantitative estimate of drug-likeness (QED) is 0.777. The van der Waals surface area contributed by atoms with Gasteiger partial charge >= 0.3 is 0 Å². The van der Waals surface area contributed by atoms with Crippen molar-refractivity contribution >= 4 is 15.9 Å². The van der Waals surface area contributed by atoms with E-state index >= 15 is 0 Å². The largest absolute Gasteiger partial charge is 0.330 e. The van der Waals surface area contributed by atoms with E-state index in [1.54, 1.807) is 0 Å². The maximum absolute atomic E-state index is 4.42. The first-order valence-corrected chi connectivity index (χ1v) is 6.06. The van der Waals surface area contributed by atoms with Gasteiger partial charge in [-0.15, -0.1) is 0 Å². The lowest BCUT2D eigenvalue weighted by atomic mass is 10.0. The van der Waals surface area contributed by atoms with E-state index in [9.17, 15) is 0 Å². The lowest BCUT2D eigenvalue weighted by Gasteiger charge is -2.07. The Morgan fingerprint density at radius 2 is 1.81 bits per heavy atom. The fraction of sp³-hybridized carbons (Fsp3) is 0.308. The van der Waals surface area contributed by atoms with Gasteiger partial charge < -0.3 is 4.57 Å². The summed E-state index contributed by atoms with van der Waals surface area (Å²) in [6.07, 6.45) is 0. The Kier molecular flexibility index (Phi) is 2.89. The summed E-state index contributed by atoms with van der Waals surface area (Å²) in [5.41, 5.74) is 4.97. The minimum Gasteiger partial charge on any atom is -0.330 e. The van der Waals surface area contributed by atoms with E-state index in [0.717, 1.165) is 16.1 Å². The second kappa shape index (κ2) is 4.06. The summed E-state index contributed by atoms with van der Waals surface area (Å²) in [5.74, 6) is 1.01. The van der Waals surface area contributed by atoms with Gasteiger partial charge in [-0.25, -0.2) is 4.98 Å². The third-order valence-corrected chi connectivity index (χ3v) is 3.61. The molecule has 16 heavy (non-hydrogen) atoms. The van der Waals surface area contributed by atoms with Gasteiger partial charge in [0.2, 0.25) is 0 Å². The second-order valence-electron chi connectivity index (χ2n) is 4.16. The summed E-state index contributed by atoms with van der Waals surface area (Å²) >= 11 is 3.52. The van der Waals surface area contributed by atoms with E-state index in [-0.39, 0.29) is 0 Å². The van der Waals surface area contributed by atoms with Crippen molar-refractivity contribution in [3.8, 4) is 11.3 Å². The smallest absolute Gasteiger partial charge is 0.132 e. The number of benzene rings is 1. The monoisotopic (exact) mass is 278 g/mol. The number of rotatable bonds is 1. The Morgan fingerprint density at radius 1 is 1.12 bits per heavy atom. The van der Waals surface area contributed by atoms with Crippen LogP contribution in [0.25, 0.3) is 11.3 Å². The Bertz CT molecular complexity index is 541. The van der Waals surface area contributed by atoms with Gasteiger partial charge in [0.25, 0.3) is 0 Å². The highest BCUT2D eigenvalue weighted by atomic mass is 79.9. The summed E-state index contributed by atoms with van der Waals surface area (Å²) in [5, 5.41) is 0. The van der Waals surface area contributed by atoms with Gasteiger partial charge in [0.15, 0.2) is 0 Å². The lowest BCUT2D eigenvalue weighted by molar-refractivity contribution is 0.865. The highest BCUT2D eigenvalue weighted by molar-refractivity contribution is 9.10. The molecule has 1 aromatic carbocycles. The zero-order valence-corrected chi connectivity index (χ0v) is 11.6. The predicted octanol–water partition coefficient (Wildman–Crippen LogP) is 3.77. The SMILES string of the molecule is Cc1ccc(-c2c(Br)nc(C)n2C)cc1C. The highest BCUT2D eigenvalue weighted by Crippen LogP contribution is 2.29. The van der Waals surface area contributed by atoms with Crippen molar-refractivity contribution in [2.45, 2.75) is 20.8 Å². The molecular weight excluding hydrogens is 264 g/mol. The van der Waals surface area contributed by atoms with E-state index in [1.807, 2.05) is 14.0 Å². The molecule has 0 aliphatic carbocycles. The second-order valence-corrected chi connectivity index (χ2v) is 4.91. The Morgan fingerprint density at radius 3 is 2.31 bits per heavy atom. The summed E-state index contributed by atoms with van der Waals surface area (Å²) in [6.45, 7) is 6.27. The molecule has 0 amide bonds. The molecule has 0 spiro atoms. The molecule has 0 N–H and O–H groups in total. The first-order valence-electron chi connectivity index (χ1n) is 5.27. The molecule has 84 valence electrons. The van der Waals surface area contributed by atoms with Gasteiger partial charge in [-0.05, 0) is 53.9 Å². The molecule has 0 saturated carbocycles. The van der Waals surface area contributed by atoms with Crippen molar-refractivity contribution in [2.75, 3.05) is 0 Å². The van der Waals surface area contributed by atoms with Crippen molar-refractivity contribution in [2.24, 2.45) is 7.05 Å². The van der Waals surface area contributed by atoms with Crippen LogP contribution in [0.3, 0.4) is 0 Å². The topological polar surface area (TPSA) is 17.8 Å². The molecule has 2 aromatic rings. The molecule has 3 heteroatoms. The van der Waals surface area contributed by atoms with Crippen LogP contribution >= 0.6 is 15.9 Å². The molecule has 0 fully saturated rings. The average Bonchev–Trinajstić information content (AvgIpc) is 2.47. The van der Waals surface area contributed by atoms with Crippen LogP contribution in [0.1, 0.15) is 17.0 Å². The number of aryl methyl sites for hydroxylation is 3. The molecule has 2 rings (SSSR count). The van der Waals surface area contributed by atoms with Gasteiger partial charge in [0.05, 0.1) is 5.69 Å². The molecule has 0 saturated heterocycles. The van der Waals surface area contributed by atoms with Gasteiger partial charge in [0.1, 0.15) is 10.4 Å². The molecule has 0 radical (unpaired) electrons. The number of hydrogen-bond acceptors (Lipinski definition) is 1. The van der Waals surface area contributed by atoms with E-state index < -0.39 is 0 Å². The number of halogens is 1. The van der Waals surface area contributed by atoms with E-state index in [2.05, 4.69) is 57.5 Å². The summed E-state index contributed by atoms with van der Waals surface area (Å²) in [6, 6.07) is 6.50. The molecule has 0 atom stereocenters. The summed E-state index contributed by atoms with van der Waals surface area (Å²) in [4.78, 5) is 4.42. The Hall–Kier alpha value is -1.09. The lowest BCUT2D eigenvalue weighted by Crippen LogP contribution is -1.95. The van der Waals surface area contributed by atoms with Crippen LogP contribution in [0.5, 0.6) is 0 Å². The van der Waals surface area contributed by atoms with Gasteiger partial charge in [0, 0.05) is 12.6 Å². The maximum atomic E-state index is 4.42. The molecule has 2 nitrogen and oxygen atoms in total. The maximum Gasteiger partial charge on any atom is 0.132 e. The first kappa shape index (κ1) is 11.4. The zero-order valence-electron chi connectivity index (χ0n) is 10.0. The third-order valence-electron chi connectivity index (χ3n) is 3.06. The fourth-order valence-corrected chi connectivity index (χ4v) is 2.52. The zero-order chi connectivity index (χ0) is 11.9. The minimum absolute atomic E-state index is 0.913. The van der Waals surface area contributed by atoms with Crippen molar-refractivity contribution in [1.82, 2.24) is 9.55 Å². The van der Waals surface area contributed by atoms with Gasteiger partial charge in [-0.3, -0.25) is 0 Å². The van der Waals surface area contributed by atoms with Crippen molar-refractivity contribution in [1.29, 1.82) is 0 Å². The van der Waals surface area contributed by atoms with Crippen molar-refractivity contribution < 1.29 is 0 Å². The minimum atomic E-state index is 0.913. The Labute approximate surface area is 104 Å². The highest BCUT2D eigenvalue weighted by Gasteiger charge is 2.12. The van der Waals surface area contributed by atoms with E-state index in [0.29, 0.717) is 0 Å². The number of imidazole rings is 1. The van der Waals surface area contributed by atoms with Gasteiger partial charge in [-0.1, -0.05) is 12.1 Å². The van der Waals surface area contributed by atoms with Crippen molar-refractivity contribution in [3.05, 3.63) is 39.8 Å². The van der Waals surface area contributed by atoms with E-state index in [4.69, 9.17) is 0 Å².